The number of aliphatic hydroxyl groups excluding tert-OH is 3. The van der Waals surface area contributed by atoms with Crippen molar-refractivity contribution in [3.8, 4) is 45.0 Å². The first kappa shape index (κ1) is 104. The number of halogens is 4. The molecule has 141 heavy (non-hydrogen) atoms. The second kappa shape index (κ2) is 41.1. The molecule has 8 amide bonds. The molecule has 0 radical (unpaired) electrons. The lowest BCUT2D eigenvalue weighted by Gasteiger charge is -2.47. The van der Waals surface area contributed by atoms with Crippen LogP contribution in [0.3, 0.4) is 0 Å². The van der Waals surface area contributed by atoms with Crippen molar-refractivity contribution in [3.05, 3.63) is 214 Å². The third-order valence-electron chi connectivity index (χ3n) is 26.7. The Balaban J connectivity index is 0.000000150. The van der Waals surface area contributed by atoms with Crippen LogP contribution in [0.2, 0.25) is 0 Å². The molecular formula is C105H128F4N20O12. The van der Waals surface area contributed by atoms with Crippen LogP contribution < -0.4 is 0 Å². The largest absolute Gasteiger partial charge is 0.384 e. The van der Waals surface area contributed by atoms with Gasteiger partial charge in [-0.3, -0.25) is 38.4 Å². The Morgan fingerprint density at radius 3 is 0.922 bits per heavy atom. The molecule has 4 aliphatic heterocycles. The number of carbonyl (C=O) groups excluding carboxylic acids is 8. The molecule has 4 N–H and O–H groups in total. The highest BCUT2D eigenvalue weighted by Crippen LogP contribution is 2.38. The maximum atomic E-state index is 13.6. The monoisotopic (exact) mass is 1940 g/mol. The van der Waals surface area contributed by atoms with Crippen LogP contribution in [-0.2, 0) is 25.6 Å². The molecule has 1 saturated carbocycles. The van der Waals surface area contributed by atoms with Gasteiger partial charge in [-0.15, -0.1) is 0 Å². The van der Waals surface area contributed by atoms with Gasteiger partial charge in [0.25, 0.3) is 47.3 Å². The fourth-order valence-corrected chi connectivity index (χ4v) is 18.6. The molecule has 0 bridgehead atoms. The quantitative estimate of drug-likeness (QED) is 0.0546. The van der Waals surface area contributed by atoms with Gasteiger partial charge in [-0.2, -0.15) is 20.4 Å². The summed E-state index contributed by atoms with van der Waals surface area (Å²) in [5.41, 5.74) is 8.97. The second-order valence-corrected chi connectivity index (χ2v) is 41.6. The molecule has 5 fully saturated rings. The minimum Gasteiger partial charge on any atom is -0.384 e. The van der Waals surface area contributed by atoms with E-state index in [1.807, 2.05) is 128 Å². The Hall–Kier alpha value is -13.3. The normalized spacial score (nSPS) is 17.1. The number of hydrogen-bond acceptors (Lipinski definition) is 20. The van der Waals surface area contributed by atoms with Gasteiger partial charge in [-0.25, -0.2) is 55.6 Å². The Morgan fingerprint density at radius 2 is 0.652 bits per heavy atom. The zero-order valence-electron chi connectivity index (χ0n) is 83.8. The molecule has 3 atom stereocenters. The van der Waals surface area contributed by atoms with E-state index in [0.29, 0.717) is 143 Å². The number of aliphatic hydroxyl groups is 4. The number of aromatic nitrogens is 12. The van der Waals surface area contributed by atoms with E-state index in [0.717, 1.165) is 57.3 Å². The minimum absolute atomic E-state index is 0.123. The number of hydrogen-bond donors (Lipinski definition) is 4. The molecule has 36 heteroatoms. The molecule has 17 rings (SSSR count). The summed E-state index contributed by atoms with van der Waals surface area (Å²) in [6.45, 7) is 41.6. The van der Waals surface area contributed by atoms with Crippen LogP contribution in [0.25, 0.3) is 67.6 Å². The van der Waals surface area contributed by atoms with Gasteiger partial charge in [0.2, 0.25) is 0 Å². The Morgan fingerprint density at radius 1 is 0.383 bits per heavy atom. The van der Waals surface area contributed by atoms with Gasteiger partial charge < -0.3 is 59.6 Å². The lowest BCUT2D eigenvalue weighted by atomic mass is 9.96. The summed E-state index contributed by atoms with van der Waals surface area (Å²) in [6.07, 6.45) is 6.79. The van der Waals surface area contributed by atoms with Crippen molar-refractivity contribution in [3.63, 3.8) is 0 Å². The topological polar surface area (TPSA) is 364 Å². The number of carbonyl (C=O) groups is 8. The lowest BCUT2D eigenvalue weighted by molar-refractivity contribution is -0.152. The minimum atomic E-state index is -1.47. The van der Waals surface area contributed by atoms with Crippen molar-refractivity contribution < 1.29 is 76.3 Å². The summed E-state index contributed by atoms with van der Waals surface area (Å²) in [5, 5.41) is 58.9. The molecule has 32 nitrogen and oxygen atoms in total. The van der Waals surface area contributed by atoms with Crippen LogP contribution in [0.5, 0.6) is 0 Å². The highest BCUT2D eigenvalue weighted by atomic mass is 19.1. The Bertz CT molecular complexity index is 6680. The summed E-state index contributed by atoms with van der Waals surface area (Å²) in [5.74, 6) is -2.81. The smallest absolute Gasteiger partial charge is 0.274 e. The average molecular weight is 1940 g/mol. The van der Waals surface area contributed by atoms with Gasteiger partial charge in [0.15, 0.2) is 22.6 Å². The number of nitrogens with zero attached hydrogens (tertiary/aromatic N) is 20. The summed E-state index contributed by atoms with van der Waals surface area (Å²) < 4.78 is 60.1. The predicted molar refractivity (Wildman–Crippen MR) is 524 cm³/mol. The van der Waals surface area contributed by atoms with Crippen molar-refractivity contribution in [1.82, 2.24) is 97.6 Å². The molecule has 12 heterocycles. The second-order valence-electron chi connectivity index (χ2n) is 41.6. The molecule has 5 aliphatic rings. The summed E-state index contributed by atoms with van der Waals surface area (Å²) in [7, 11) is 0. The van der Waals surface area contributed by atoms with E-state index in [4.69, 9.17) is 0 Å². The summed E-state index contributed by atoms with van der Waals surface area (Å²) in [4.78, 5) is 136. The molecule has 8 aromatic heterocycles. The number of piperazine rings is 4. The summed E-state index contributed by atoms with van der Waals surface area (Å²) in [6, 6.07) is 32.3. The lowest BCUT2D eigenvalue weighted by Crippen LogP contribution is -2.64. The highest BCUT2D eigenvalue weighted by molar-refractivity contribution is 5.97. The van der Waals surface area contributed by atoms with E-state index in [2.05, 4.69) is 40.3 Å². The first-order valence-electron chi connectivity index (χ1n) is 48.1. The highest BCUT2D eigenvalue weighted by Gasteiger charge is 2.47. The maximum Gasteiger partial charge on any atom is 0.274 e. The SMILES string of the molecule is CC(C)c1cc(-c2ccc(F)cc2)nn2cc(C(=O)N3CCN(C(=O)C(C)(C)O)CC3(C)C)nc12.CC(C)c1cc(-c2ccc(F)cc2)nn2cc(C(=O)N3CCN(C(=O)C(O)C(C)C)CC3(C)C)nc12.CC(O)C(=O)N1CCN(C(=O)c2cn3nc(-c4ccc(F)cc4)cc(C(C)C)c3n2)C(C)(C)C1.CCc1cc(-c2ccc(F)cc2)nn2cc(C(=O)N3CCN(C(=O)[C@H](O)CC4CC4)CC3(C)C)nc12. The van der Waals surface area contributed by atoms with Crippen LogP contribution in [0, 0.1) is 35.1 Å². The van der Waals surface area contributed by atoms with E-state index >= 15 is 0 Å². The van der Waals surface area contributed by atoms with E-state index in [1.54, 1.807) is 144 Å². The van der Waals surface area contributed by atoms with Gasteiger partial charge in [0.1, 0.15) is 70.0 Å². The van der Waals surface area contributed by atoms with Gasteiger partial charge >= 0.3 is 0 Å². The van der Waals surface area contributed by atoms with Gasteiger partial charge in [0.05, 0.1) is 69.7 Å². The van der Waals surface area contributed by atoms with Crippen molar-refractivity contribution >= 4 is 69.8 Å². The van der Waals surface area contributed by atoms with Crippen molar-refractivity contribution in [2.45, 2.75) is 228 Å². The number of rotatable bonds is 19. The zero-order valence-corrected chi connectivity index (χ0v) is 83.8. The predicted octanol–water partition coefficient (Wildman–Crippen LogP) is 13.7. The first-order chi connectivity index (χ1) is 66.3. The average Bonchev–Trinajstić information content (AvgIpc) is 1.65. The van der Waals surface area contributed by atoms with Crippen LogP contribution in [-0.4, -0.2) is 290 Å². The van der Waals surface area contributed by atoms with Gasteiger partial charge in [-0.05, 0) is 245 Å². The Labute approximate surface area is 817 Å². The maximum absolute atomic E-state index is 13.6. The molecule has 0 spiro atoms. The van der Waals surface area contributed by atoms with Crippen molar-refractivity contribution in [2.24, 2.45) is 11.8 Å². The van der Waals surface area contributed by atoms with Crippen molar-refractivity contribution in [2.75, 3.05) is 78.5 Å². The molecular weight excluding hydrogens is 1810 g/mol. The fraction of sp³-hybridized carbons (Fsp3) is 0.467. The number of amides is 8. The number of benzene rings is 4. The van der Waals surface area contributed by atoms with E-state index < -0.39 is 46.1 Å². The van der Waals surface area contributed by atoms with E-state index in [9.17, 15) is 76.3 Å². The third kappa shape index (κ3) is 22.8. The standard InChI is InChI=1S/C27H32FN5O3.C27H34FN5O3.C26H32FN5O3.C25H30FN5O3/c1-4-18-14-21(19-7-9-20(28)10-8-19)30-33-15-22(29-24(18)33)25(35)32-12-11-31(16-27(32,2)3)26(36)23(34)13-17-5-6-17;1-16(2)20-13-21(18-7-9-19(28)10-8-18)30-33-14-22(29-24(20)33)25(35)32-12-11-31(15-27(32,5)6)26(36)23(34)17(3)4;1-16(2)19-13-20(17-7-9-18(27)10-8-17)29-32-14-21(28-22(19)32)23(33)31-12-11-30(15-25(31,3)4)24(34)26(5,6)35;1-15(2)19-12-20(17-6-8-18(26)9-7-17)28-31-13-21(27-22(19)31)24(34)30-11-10-29(14-25(30,4)5)23(33)16(3)32/h7-10,14-15,17,23,34H,4-6,11-13,16H2,1-3H3;7-10,13-14,16-17,23,34H,11-12,15H2,1-6H3;7-10,13-14,16,35H,11-12,15H2,1-6H3;6-9,12-13,15-16,32H,10-11,14H2,1-5H3/t23-;;;/m1.../s1. The molecule has 12 aromatic rings. The van der Waals surface area contributed by atoms with Crippen LogP contribution in [0.1, 0.15) is 240 Å². The van der Waals surface area contributed by atoms with Crippen LogP contribution in [0.4, 0.5) is 17.6 Å². The molecule has 4 saturated heterocycles. The van der Waals surface area contributed by atoms with Crippen LogP contribution >= 0.6 is 0 Å². The number of fused-ring (bicyclic) bond motifs is 4. The van der Waals surface area contributed by atoms with Crippen molar-refractivity contribution in [1.29, 1.82) is 0 Å². The molecule has 4 aromatic carbocycles. The number of aryl methyl sites for hydroxylation is 1. The first-order valence-corrected chi connectivity index (χ1v) is 48.1. The van der Waals surface area contributed by atoms with Crippen LogP contribution in [0.15, 0.2) is 146 Å². The fourth-order valence-electron chi connectivity index (χ4n) is 18.6. The van der Waals surface area contributed by atoms with E-state index in [1.165, 1.54) is 69.3 Å². The third-order valence-corrected chi connectivity index (χ3v) is 26.7. The summed E-state index contributed by atoms with van der Waals surface area (Å²) >= 11 is 0. The zero-order chi connectivity index (χ0) is 102. The molecule has 748 valence electrons. The molecule has 2 unspecified atom stereocenters. The van der Waals surface area contributed by atoms with Gasteiger partial charge in [-0.1, -0.05) is 75.2 Å². The molecule has 1 aliphatic carbocycles. The Kier molecular flexibility index (Phi) is 30.2. The number of imidazole rings is 4. The van der Waals surface area contributed by atoms with Gasteiger partial charge in [0, 0.05) is 117 Å². The van der Waals surface area contributed by atoms with E-state index in [-0.39, 0.29) is 117 Å².